The van der Waals surface area contributed by atoms with Crippen LogP contribution in [0, 0.1) is 11.8 Å². The second-order valence-electron chi connectivity index (χ2n) is 21.8. The number of carboxylic acid groups (broad SMARTS) is 3. The molecule has 0 fully saturated rings. The van der Waals surface area contributed by atoms with Gasteiger partial charge >= 0.3 is 55.7 Å². The molecule has 6 atom stereocenters. The second-order valence-corrected chi connectivity index (χ2v) is 26.7. The van der Waals surface area contributed by atoms with E-state index in [4.69, 9.17) is 43.0 Å². The number of nitrogens with one attached hydrogen (secondary N) is 8. The van der Waals surface area contributed by atoms with Crippen LogP contribution in [0.5, 0.6) is 5.75 Å². The van der Waals surface area contributed by atoms with E-state index < -0.39 is 157 Å². The number of aliphatic imine (C=N–C) groups is 1. The van der Waals surface area contributed by atoms with Crippen LogP contribution in [0.3, 0.4) is 0 Å². The van der Waals surface area contributed by atoms with Crippen molar-refractivity contribution in [1.29, 1.82) is 0 Å². The number of carbonyl (C=O) groups is 8. The van der Waals surface area contributed by atoms with Crippen LogP contribution < -0.4 is 131 Å². The third kappa shape index (κ3) is 33.8. The summed E-state index contributed by atoms with van der Waals surface area (Å²) in [5, 5.41) is 97.9. The van der Waals surface area contributed by atoms with E-state index in [9.17, 15) is 84.7 Å². The Labute approximate surface area is 634 Å². The van der Waals surface area contributed by atoms with E-state index in [2.05, 4.69) is 62.7 Å². The van der Waals surface area contributed by atoms with E-state index in [1.807, 2.05) is 18.2 Å². The molecule has 104 heavy (non-hydrogen) atoms. The Morgan fingerprint density at radius 1 is 0.644 bits per heavy atom. The molecule has 561 valence electrons. The minimum Gasteiger partial charge on any atom is -0.744 e. The summed E-state index contributed by atoms with van der Waals surface area (Å²) in [5.41, 5.74) is 22.3. The molecule has 0 saturated carbocycles. The number of urea groups is 1. The van der Waals surface area contributed by atoms with Gasteiger partial charge in [-0.2, -0.15) is 0 Å². The third-order valence-corrected chi connectivity index (χ3v) is 18.1. The van der Waals surface area contributed by atoms with Crippen molar-refractivity contribution < 1.29 is 154 Å². The number of aliphatic hydroxyl groups excluding tert-OH is 4. The molecule has 1 aromatic heterocycles. The van der Waals surface area contributed by atoms with E-state index >= 15 is 0 Å². The number of hydrogen-bond donors (Lipinski definition) is 16. The van der Waals surface area contributed by atoms with Crippen molar-refractivity contribution >= 4 is 103 Å². The summed E-state index contributed by atoms with van der Waals surface area (Å²) >= 11 is 0. The smallest absolute Gasteiger partial charge is 0.744 e. The summed E-state index contributed by atoms with van der Waals surface area (Å²) in [5.74, 6) is -11.3. The van der Waals surface area contributed by atoms with Crippen molar-refractivity contribution in [3.05, 3.63) is 133 Å². The largest absolute Gasteiger partial charge is 4.00 e. The van der Waals surface area contributed by atoms with Gasteiger partial charge in [0.25, 0.3) is 0 Å². The fourth-order valence-corrected chi connectivity index (χ4v) is 12.5. The van der Waals surface area contributed by atoms with E-state index in [1.54, 1.807) is 68.4 Å². The molecule has 4 aromatic carbocycles. The Morgan fingerprint density at radius 3 is 1.67 bits per heavy atom. The zero-order valence-corrected chi connectivity index (χ0v) is 62.6. The Balaban J connectivity index is 0.000000940. The Kier molecular flexibility index (Phi) is 43.5. The molecule has 0 saturated heterocycles. The number of ether oxygens (including phenoxy) is 1. The Bertz CT molecular complexity index is 3760. The number of aliphatic hydroxyl groups is 4. The molecule has 0 aliphatic rings. The van der Waals surface area contributed by atoms with E-state index in [-0.39, 0.29) is 116 Å². The molecular weight excluding hydrogens is 1530 g/mol. The van der Waals surface area contributed by atoms with Gasteiger partial charge in [0.15, 0.2) is 11.8 Å². The van der Waals surface area contributed by atoms with E-state index in [0.717, 1.165) is 5.30 Å². The van der Waals surface area contributed by atoms with Crippen LogP contribution in [-0.2, 0) is 80.3 Å². The Hall–Kier alpha value is -8.00. The summed E-state index contributed by atoms with van der Waals surface area (Å²) in [6.45, 7) is 0.678. The predicted molar refractivity (Wildman–Crippen MR) is 357 cm³/mol. The van der Waals surface area contributed by atoms with Crippen molar-refractivity contribution in [3.63, 3.8) is 0 Å². The number of azo groups is 1. The van der Waals surface area contributed by atoms with E-state index in [0.29, 0.717) is 28.3 Å². The first-order valence-electron chi connectivity index (χ1n) is 30.5. The average Bonchev–Trinajstić information content (AvgIpc) is 0.800. The van der Waals surface area contributed by atoms with Crippen LogP contribution in [0.25, 0.3) is 0 Å². The maximum Gasteiger partial charge on any atom is 4.00 e. The fraction of sp³-hybridized carbons (Fsp3) is 0.377. The van der Waals surface area contributed by atoms with Crippen LogP contribution in [0.1, 0.15) is 45.1 Å². The normalized spacial score (nSPS) is 13.0. The molecule has 2 unspecified atom stereocenters. The first-order chi connectivity index (χ1) is 48.2. The number of guanidine groups is 1. The van der Waals surface area contributed by atoms with Crippen molar-refractivity contribution in [2.45, 2.75) is 91.7 Å². The zero-order chi connectivity index (χ0) is 76.2. The molecule has 0 spiro atoms. The SMILES string of the molecule is CC(C)[C@@H](N)C(=O)N[C@@H](CCCN=C(N)N)C(=O)NCC(=O)N[C@H](CC(=O)[O-])C(=O)N[C@H](Cc1ccc(OCCCNC(=O)/N=N/c2ccccn2)cc1)C(=O)[O-].NC(C(=O)[O-])C(CO)C(NCO)(NCO)NCO.O=S(=O)([O-])c1cccc(P(c2ccccc2)c2cccc(S(=O)(=O)[O-])c2)c1.[99Tc+4].[Na+]. The fourth-order valence-electron chi connectivity index (χ4n) is 8.90. The number of aliphatic carboxylic acids is 3. The summed E-state index contributed by atoms with van der Waals surface area (Å²) in [7, 11) is -10.7. The molecule has 43 heteroatoms. The first-order valence-corrected chi connectivity index (χ1v) is 34.7. The van der Waals surface area contributed by atoms with Gasteiger partial charge in [-0.15, -0.1) is 5.11 Å². The van der Waals surface area contributed by atoms with Crippen LogP contribution in [0.15, 0.2) is 153 Å². The van der Waals surface area contributed by atoms with Gasteiger partial charge < -0.3 is 113 Å². The van der Waals surface area contributed by atoms with Gasteiger partial charge in [0.1, 0.15) is 43.9 Å². The van der Waals surface area contributed by atoms with Gasteiger partial charge in [-0.25, -0.2) is 26.6 Å². The number of hydrogen-bond acceptors (Lipinski definition) is 30. The number of amides is 6. The van der Waals surface area contributed by atoms with Crippen molar-refractivity contribution in [1.82, 2.24) is 47.5 Å². The molecule has 38 nitrogen and oxygen atoms in total. The quantitative estimate of drug-likeness (QED) is 0.00254. The number of carbonyl (C=O) groups excluding carboxylic acids is 8. The molecule has 0 bridgehead atoms. The molecule has 0 aliphatic carbocycles. The number of carboxylic acids is 3. The van der Waals surface area contributed by atoms with Gasteiger partial charge in [-0.3, -0.25) is 40.1 Å². The van der Waals surface area contributed by atoms with Gasteiger partial charge in [0.2, 0.25) is 23.6 Å². The molecule has 5 rings (SSSR count). The number of rotatable bonds is 39. The molecular formula is C61H80N16NaO22PS2Tc. The topological polar surface area (TPSA) is 661 Å². The van der Waals surface area contributed by atoms with Gasteiger partial charge in [0, 0.05) is 37.6 Å². The monoisotopic (exact) mass is 1610 g/mol. The predicted octanol–water partition coefficient (Wildman–Crippen LogP) is -11.4. The maximum atomic E-state index is 13.0. The van der Waals surface area contributed by atoms with Crippen molar-refractivity contribution in [2.24, 2.45) is 50.0 Å². The number of nitrogens with two attached hydrogens (primary N) is 4. The molecule has 6 amide bonds. The molecule has 5 aromatic rings. The summed E-state index contributed by atoms with van der Waals surface area (Å²) < 4.78 is 74.0. The average molecular weight is 1610 g/mol. The van der Waals surface area contributed by atoms with E-state index in [1.165, 1.54) is 54.7 Å². The summed E-state index contributed by atoms with van der Waals surface area (Å²) in [6.07, 6.45) is 0.939. The maximum absolute atomic E-state index is 13.0. The number of benzene rings is 4. The van der Waals surface area contributed by atoms with Crippen LogP contribution in [0.2, 0.25) is 0 Å². The number of pyridine rings is 1. The second kappa shape index (κ2) is 48.2. The van der Waals surface area contributed by atoms with Gasteiger partial charge in [0.05, 0.1) is 79.8 Å². The number of aromatic nitrogens is 1. The molecule has 1 heterocycles. The molecule has 1 radical (unpaired) electrons. The van der Waals surface area contributed by atoms with Gasteiger partial charge in [-0.05, 0) is 110 Å². The number of nitrogens with zero attached hydrogens (tertiary/aromatic N) is 4. The third-order valence-electron chi connectivity index (χ3n) is 14.0. The summed E-state index contributed by atoms with van der Waals surface area (Å²) in [6, 6.07) is 23.7. The summed E-state index contributed by atoms with van der Waals surface area (Å²) in [4.78, 5) is 104. The molecule has 20 N–H and O–H groups in total. The minimum absolute atomic E-state index is 0. The van der Waals surface area contributed by atoms with Gasteiger partial charge in [-0.1, -0.05) is 91.8 Å². The van der Waals surface area contributed by atoms with Crippen molar-refractivity contribution in [2.75, 3.05) is 53.0 Å². The van der Waals surface area contributed by atoms with Crippen molar-refractivity contribution in [3.8, 4) is 5.75 Å². The zero-order valence-electron chi connectivity index (χ0n) is 56.2. The van der Waals surface area contributed by atoms with Crippen LogP contribution in [-0.4, -0.2) is 194 Å². The standard InChI is InChI=1S/C35H50N12O10.C18H15O6PS2.C8H20N4O6.Na.Tc/c1-20(2)29(36)32(53)44-23(7-5-14-40-34(37)38)30(51)42-19-27(48)43-24(18-28(49)50)31(52)45-25(33(54)55)17-21-9-11-22(12-10-21)57-16-6-15-41-35(56)47-46-26-8-3-4-13-39-26;19-26(20,21)17-10-4-8-15(12-17)25(14-6-2-1-3-7-14)16-9-5-11-18(13-16)27(22,23)24;9-6(7(17)18)5(1-13)8(10-2-14,11-3-15)12-4-16;;/h3-4,8-13,20,23-25,29H,5-7,14-19,36H2,1-2H3,(H,41,56)(H,42,51)(H,43,48)(H,44,53)(H,45,52)(H,49,50)(H,54,55)(H4,37,38,40);1-13H,(H,19,20,21)(H,22,23,24);5-6,10-16H,1-4,9H2,(H,17,18);;/q;;;+1;+4/p-5/b47-46+;;;;/t23-,24+,25+,29+;;;;/m0..../s1/i;;;;1+1. The first kappa shape index (κ1) is 94.0. The Morgan fingerprint density at radius 2 is 1.19 bits per heavy atom. The van der Waals surface area contributed by atoms with Crippen LogP contribution >= 0.6 is 7.92 Å². The van der Waals surface area contributed by atoms with Crippen LogP contribution in [0.4, 0.5) is 10.6 Å². The minimum atomic E-state index is -4.64. The molecule has 0 aliphatic heterocycles.